The Bertz CT molecular complexity index is 156. The van der Waals surface area contributed by atoms with Crippen LogP contribution in [-0.2, 0) is 4.43 Å². The van der Waals surface area contributed by atoms with Crippen LogP contribution in [0.2, 0.25) is 12.6 Å². The van der Waals surface area contributed by atoms with Crippen LogP contribution in [0.5, 0.6) is 0 Å². The monoisotopic (exact) mass is 188 g/mol. The molecule has 2 atom stereocenters. The quantitative estimate of drug-likeness (QED) is 0.660. The second kappa shape index (κ2) is 3.87. The highest BCUT2D eigenvalue weighted by Gasteiger charge is 2.43. The van der Waals surface area contributed by atoms with Crippen molar-refractivity contribution in [2.75, 3.05) is 26.7 Å². The van der Waals surface area contributed by atoms with Crippen molar-refractivity contribution in [2.45, 2.75) is 19.5 Å². The van der Waals surface area contributed by atoms with Crippen LogP contribution in [0.4, 0.5) is 0 Å². The van der Waals surface area contributed by atoms with Gasteiger partial charge >= 0.3 is 0 Å². The summed E-state index contributed by atoms with van der Waals surface area (Å²) in [5.74, 6) is 0.785. The molecule has 2 unspecified atom stereocenters. The van der Waals surface area contributed by atoms with Crippen LogP contribution in [0.3, 0.4) is 0 Å². The fourth-order valence-corrected chi connectivity index (χ4v) is 5.51. The van der Waals surface area contributed by atoms with E-state index in [1.807, 2.05) is 7.11 Å². The molecule has 1 heterocycles. The van der Waals surface area contributed by atoms with Crippen LogP contribution in [0.25, 0.3) is 0 Å². The summed E-state index contributed by atoms with van der Waals surface area (Å²) in [6, 6.07) is 1.25. The molecule has 72 valence electrons. The van der Waals surface area contributed by atoms with Gasteiger partial charge in [0, 0.05) is 20.2 Å². The van der Waals surface area contributed by atoms with Crippen molar-refractivity contribution in [3.8, 4) is 0 Å². The minimum Gasteiger partial charge on any atom is -0.406 e. The molecule has 0 saturated carbocycles. The van der Waals surface area contributed by atoms with E-state index in [0.29, 0.717) is 0 Å². The third-order valence-corrected chi connectivity index (χ3v) is 6.84. The van der Waals surface area contributed by atoms with Crippen molar-refractivity contribution in [1.82, 2.24) is 4.57 Å². The molecule has 1 fully saturated rings. The molecule has 0 aromatic carbocycles. The SMILES string of the molecule is CO[Si]1(C)CC(C)CN1CCN. The van der Waals surface area contributed by atoms with Gasteiger partial charge in [-0.05, 0) is 25.1 Å². The van der Waals surface area contributed by atoms with Gasteiger partial charge in [0.25, 0.3) is 8.48 Å². The molecule has 0 radical (unpaired) electrons. The van der Waals surface area contributed by atoms with Gasteiger partial charge in [-0.2, -0.15) is 0 Å². The zero-order chi connectivity index (χ0) is 9.19. The number of hydrogen-bond acceptors (Lipinski definition) is 3. The molecule has 1 rings (SSSR count). The molecule has 0 spiro atoms. The molecular formula is C8H20N2OSi. The Labute approximate surface area is 76.1 Å². The Morgan fingerprint density at radius 2 is 2.33 bits per heavy atom. The summed E-state index contributed by atoms with van der Waals surface area (Å²) in [4.78, 5) is 0. The Kier molecular flexibility index (Phi) is 3.28. The van der Waals surface area contributed by atoms with Crippen LogP contribution in [0.1, 0.15) is 6.92 Å². The molecule has 0 bridgehead atoms. The third-order valence-electron chi connectivity index (χ3n) is 2.77. The summed E-state index contributed by atoms with van der Waals surface area (Å²) in [6.45, 7) is 7.50. The summed E-state index contributed by atoms with van der Waals surface area (Å²) in [5, 5.41) is 0. The van der Waals surface area contributed by atoms with E-state index in [2.05, 4.69) is 18.0 Å². The van der Waals surface area contributed by atoms with E-state index in [9.17, 15) is 0 Å². The number of hydrogen-bond donors (Lipinski definition) is 1. The van der Waals surface area contributed by atoms with Gasteiger partial charge < -0.3 is 14.7 Å². The number of rotatable bonds is 3. The van der Waals surface area contributed by atoms with E-state index in [0.717, 1.165) is 19.0 Å². The van der Waals surface area contributed by atoms with Crippen LogP contribution >= 0.6 is 0 Å². The maximum Gasteiger partial charge on any atom is 0.268 e. The van der Waals surface area contributed by atoms with Gasteiger partial charge in [-0.15, -0.1) is 0 Å². The van der Waals surface area contributed by atoms with Gasteiger partial charge in [-0.3, -0.25) is 0 Å². The molecule has 1 aliphatic heterocycles. The maximum absolute atomic E-state index is 5.64. The lowest BCUT2D eigenvalue weighted by Crippen LogP contribution is -2.49. The summed E-state index contributed by atoms with van der Waals surface area (Å²) < 4.78 is 8.11. The maximum atomic E-state index is 5.64. The van der Waals surface area contributed by atoms with E-state index in [4.69, 9.17) is 10.2 Å². The first-order chi connectivity index (χ1) is 5.62. The zero-order valence-electron chi connectivity index (χ0n) is 8.34. The van der Waals surface area contributed by atoms with Gasteiger partial charge in [-0.1, -0.05) is 6.92 Å². The van der Waals surface area contributed by atoms with Crippen LogP contribution in [0.15, 0.2) is 0 Å². The second-order valence-electron chi connectivity index (χ2n) is 3.92. The lowest BCUT2D eigenvalue weighted by molar-refractivity contribution is 0.316. The first-order valence-corrected chi connectivity index (χ1v) is 7.19. The van der Waals surface area contributed by atoms with Crippen LogP contribution in [-0.4, -0.2) is 39.8 Å². The van der Waals surface area contributed by atoms with Crippen molar-refractivity contribution in [1.29, 1.82) is 0 Å². The highest BCUT2D eigenvalue weighted by molar-refractivity contribution is 6.70. The molecule has 3 nitrogen and oxygen atoms in total. The summed E-state index contributed by atoms with van der Waals surface area (Å²) in [6.07, 6.45) is 0. The van der Waals surface area contributed by atoms with Gasteiger partial charge in [0.1, 0.15) is 0 Å². The Morgan fingerprint density at radius 3 is 2.83 bits per heavy atom. The van der Waals surface area contributed by atoms with E-state index in [1.165, 1.54) is 12.6 Å². The molecule has 1 saturated heterocycles. The standard InChI is InChI=1S/C8H20N2OSi/c1-8-6-10(5-4-9)12(3,7-8)11-2/h8H,4-7,9H2,1-3H3. The average molecular weight is 188 g/mol. The molecule has 0 amide bonds. The fourth-order valence-electron chi connectivity index (χ4n) is 2.11. The molecule has 1 aliphatic rings. The molecule has 0 aromatic heterocycles. The van der Waals surface area contributed by atoms with E-state index in [1.54, 1.807) is 0 Å². The highest BCUT2D eigenvalue weighted by Crippen LogP contribution is 2.29. The Morgan fingerprint density at radius 1 is 1.67 bits per heavy atom. The minimum atomic E-state index is -1.52. The van der Waals surface area contributed by atoms with Crippen molar-refractivity contribution >= 4 is 8.48 Å². The van der Waals surface area contributed by atoms with Crippen molar-refractivity contribution in [3.63, 3.8) is 0 Å². The predicted molar refractivity (Wildman–Crippen MR) is 53.2 cm³/mol. The van der Waals surface area contributed by atoms with E-state index < -0.39 is 8.48 Å². The average Bonchev–Trinajstić information content (AvgIpc) is 2.29. The number of nitrogens with zero attached hydrogens (tertiary/aromatic N) is 1. The lowest BCUT2D eigenvalue weighted by atomic mass is 10.2. The Hall–Kier alpha value is 0.0969. The normalized spacial score (nSPS) is 37.5. The molecule has 0 aromatic rings. The minimum absolute atomic E-state index is 0.749. The van der Waals surface area contributed by atoms with E-state index >= 15 is 0 Å². The summed E-state index contributed by atoms with van der Waals surface area (Å²) in [5.41, 5.74) is 5.55. The van der Waals surface area contributed by atoms with Crippen molar-refractivity contribution < 1.29 is 4.43 Å². The van der Waals surface area contributed by atoms with Gasteiger partial charge in [0.05, 0.1) is 0 Å². The van der Waals surface area contributed by atoms with E-state index in [-0.39, 0.29) is 0 Å². The van der Waals surface area contributed by atoms with Gasteiger partial charge in [0.2, 0.25) is 0 Å². The fraction of sp³-hybridized carbons (Fsp3) is 1.00. The first kappa shape index (κ1) is 10.2. The topological polar surface area (TPSA) is 38.5 Å². The van der Waals surface area contributed by atoms with Crippen LogP contribution in [0, 0.1) is 5.92 Å². The van der Waals surface area contributed by atoms with Crippen molar-refractivity contribution in [2.24, 2.45) is 11.7 Å². The summed E-state index contributed by atoms with van der Waals surface area (Å²) in [7, 11) is 0.321. The third kappa shape index (κ3) is 1.88. The highest BCUT2D eigenvalue weighted by atomic mass is 28.4. The molecular weight excluding hydrogens is 168 g/mol. The second-order valence-corrected chi connectivity index (χ2v) is 7.72. The smallest absolute Gasteiger partial charge is 0.268 e. The Balaban J connectivity index is 2.58. The molecule has 0 aliphatic carbocycles. The predicted octanol–water partition coefficient (Wildman–Crippen LogP) is 0.615. The largest absolute Gasteiger partial charge is 0.406 e. The molecule has 12 heavy (non-hydrogen) atoms. The molecule has 2 N–H and O–H groups in total. The first-order valence-electron chi connectivity index (χ1n) is 4.62. The van der Waals surface area contributed by atoms with Crippen LogP contribution < -0.4 is 5.73 Å². The number of nitrogens with two attached hydrogens (primary N) is 1. The summed E-state index contributed by atoms with van der Waals surface area (Å²) >= 11 is 0. The van der Waals surface area contributed by atoms with Crippen molar-refractivity contribution in [3.05, 3.63) is 0 Å². The van der Waals surface area contributed by atoms with Gasteiger partial charge in [0.15, 0.2) is 0 Å². The zero-order valence-corrected chi connectivity index (χ0v) is 9.34. The molecule has 4 heteroatoms. The van der Waals surface area contributed by atoms with Gasteiger partial charge in [-0.25, -0.2) is 0 Å². The lowest BCUT2D eigenvalue weighted by Gasteiger charge is -2.30.